The molecule has 0 radical (unpaired) electrons. The van der Waals surface area contributed by atoms with Crippen LogP contribution in [0.15, 0.2) is 47.4 Å². The number of nitrogens with zero attached hydrogens (tertiary/aromatic N) is 1. The first kappa shape index (κ1) is 23.0. The Labute approximate surface area is 192 Å². The van der Waals surface area contributed by atoms with Crippen LogP contribution in [0.25, 0.3) is 0 Å². The molecule has 1 unspecified atom stereocenters. The van der Waals surface area contributed by atoms with Gasteiger partial charge in [0.25, 0.3) is 10.0 Å². The molecule has 4 rings (SSSR count). The number of benzene rings is 2. The van der Waals surface area contributed by atoms with Gasteiger partial charge in [0.2, 0.25) is 11.8 Å². The van der Waals surface area contributed by atoms with Crippen molar-refractivity contribution in [2.45, 2.75) is 43.0 Å². The van der Waals surface area contributed by atoms with Crippen LogP contribution in [0.5, 0.6) is 5.75 Å². The molecule has 1 aliphatic carbocycles. The number of carbonyl (C=O) groups excluding carboxylic acids is 2. The third-order valence-corrected chi connectivity index (χ3v) is 7.51. The van der Waals surface area contributed by atoms with Crippen molar-refractivity contribution in [3.05, 3.63) is 48.3 Å². The van der Waals surface area contributed by atoms with E-state index in [1.165, 1.54) is 19.2 Å². The van der Waals surface area contributed by atoms with E-state index in [9.17, 15) is 22.4 Å². The van der Waals surface area contributed by atoms with Crippen LogP contribution >= 0.6 is 0 Å². The lowest BCUT2D eigenvalue weighted by Gasteiger charge is -2.23. The van der Waals surface area contributed by atoms with Crippen molar-refractivity contribution < 1.29 is 27.1 Å². The third kappa shape index (κ3) is 5.11. The summed E-state index contributed by atoms with van der Waals surface area (Å²) in [6.07, 6.45) is 4.34. The molecule has 2 aromatic rings. The SMILES string of the molecule is COc1ccc(NC(=O)C2CC(=O)N(C3CCCC3)C2)cc1NS(=O)(=O)c1ccc(F)cc1. The van der Waals surface area contributed by atoms with Crippen molar-refractivity contribution in [1.29, 1.82) is 0 Å². The van der Waals surface area contributed by atoms with E-state index in [4.69, 9.17) is 4.74 Å². The molecule has 0 aromatic heterocycles. The van der Waals surface area contributed by atoms with Gasteiger partial charge in [0, 0.05) is 24.7 Å². The predicted octanol–water partition coefficient (Wildman–Crippen LogP) is 3.36. The number of rotatable bonds is 7. The number of sulfonamides is 1. The molecule has 2 fully saturated rings. The number of anilines is 2. The summed E-state index contributed by atoms with van der Waals surface area (Å²) in [6.45, 7) is 0.398. The van der Waals surface area contributed by atoms with E-state index in [0.717, 1.165) is 49.9 Å². The Balaban J connectivity index is 1.48. The van der Waals surface area contributed by atoms with Crippen LogP contribution in [0.1, 0.15) is 32.1 Å². The highest BCUT2D eigenvalue weighted by molar-refractivity contribution is 7.92. The van der Waals surface area contributed by atoms with E-state index in [1.54, 1.807) is 6.07 Å². The lowest BCUT2D eigenvalue weighted by molar-refractivity contribution is -0.129. The molecular formula is C23H26FN3O5S. The molecule has 10 heteroatoms. The zero-order valence-corrected chi connectivity index (χ0v) is 19.0. The average molecular weight is 476 g/mol. The van der Waals surface area contributed by atoms with Crippen LogP contribution in [0.3, 0.4) is 0 Å². The van der Waals surface area contributed by atoms with Crippen molar-refractivity contribution >= 4 is 33.2 Å². The van der Waals surface area contributed by atoms with E-state index < -0.39 is 21.8 Å². The summed E-state index contributed by atoms with van der Waals surface area (Å²) in [5, 5.41) is 2.78. The van der Waals surface area contributed by atoms with Gasteiger partial charge in [-0.15, -0.1) is 0 Å². The number of likely N-dealkylation sites (tertiary alicyclic amines) is 1. The molecular weight excluding hydrogens is 449 g/mol. The van der Waals surface area contributed by atoms with Crippen LogP contribution in [0, 0.1) is 11.7 Å². The molecule has 0 bridgehead atoms. The van der Waals surface area contributed by atoms with Crippen molar-refractivity contribution in [1.82, 2.24) is 4.90 Å². The van der Waals surface area contributed by atoms with Crippen molar-refractivity contribution in [2.75, 3.05) is 23.7 Å². The Hall–Kier alpha value is -3.14. The van der Waals surface area contributed by atoms with Gasteiger partial charge in [-0.25, -0.2) is 12.8 Å². The molecule has 1 aliphatic heterocycles. The third-order valence-electron chi connectivity index (χ3n) is 6.13. The van der Waals surface area contributed by atoms with Crippen LogP contribution in [-0.4, -0.2) is 44.8 Å². The molecule has 2 amide bonds. The first-order chi connectivity index (χ1) is 15.8. The fourth-order valence-corrected chi connectivity index (χ4v) is 5.46. The quantitative estimate of drug-likeness (QED) is 0.639. The Morgan fingerprint density at radius 2 is 1.82 bits per heavy atom. The molecule has 8 nitrogen and oxygen atoms in total. The lowest BCUT2D eigenvalue weighted by Crippen LogP contribution is -2.35. The van der Waals surface area contributed by atoms with Gasteiger partial charge in [-0.1, -0.05) is 12.8 Å². The minimum atomic E-state index is -4.01. The molecule has 2 aliphatic rings. The monoisotopic (exact) mass is 475 g/mol. The summed E-state index contributed by atoms with van der Waals surface area (Å²) in [5.74, 6) is -1.04. The number of methoxy groups -OCH3 is 1. The fourth-order valence-electron chi connectivity index (χ4n) is 4.40. The highest BCUT2D eigenvalue weighted by Crippen LogP contribution is 2.32. The van der Waals surface area contributed by atoms with Crippen LogP contribution < -0.4 is 14.8 Å². The van der Waals surface area contributed by atoms with Gasteiger partial charge < -0.3 is 15.0 Å². The molecule has 0 spiro atoms. The lowest BCUT2D eigenvalue weighted by atomic mass is 10.1. The Kier molecular flexibility index (Phi) is 6.55. The van der Waals surface area contributed by atoms with E-state index in [-0.39, 0.29) is 40.6 Å². The predicted molar refractivity (Wildman–Crippen MR) is 121 cm³/mol. The highest BCUT2D eigenvalue weighted by atomic mass is 32.2. The average Bonchev–Trinajstić information content (AvgIpc) is 3.43. The van der Waals surface area contributed by atoms with Crippen molar-refractivity contribution in [3.8, 4) is 5.75 Å². The smallest absolute Gasteiger partial charge is 0.262 e. The van der Waals surface area contributed by atoms with Crippen LogP contribution in [0.2, 0.25) is 0 Å². The maximum absolute atomic E-state index is 13.2. The van der Waals surface area contributed by atoms with Gasteiger partial charge >= 0.3 is 0 Å². The minimum absolute atomic E-state index is 0.00419. The minimum Gasteiger partial charge on any atom is -0.495 e. The number of hydrogen-bond donors (Lipinski definition) is 2. The molecule has 1 atom stereocenters. The summed E-state index contributed by atoms with van der Waals surface area (Å²) >= 11 is 0. The topological polar surface area (TPSA) is 105 Å². The number of halogens is 1. The standard InChI is InChI=1S/C23H26FN3O5S/c1-32-21-11-8-17(13-20(21)26-33(30,31)19-9-6-16(24)7-10-19)25-23(29)15-12-22(28)27(14-15)18-4-2-3-5-18/h6-11,13,15,18,26H,2-5,12,14H2,1H3,(H,25,29). The normalized spacial score (nSPS) is 19.0. The fraction of sp³-hybridized carbons (Fsp3) is 0.391. The van der Waals surface area contributed by atoms with Gasteiger partial charge in [-0.05, 0) is 55.3 Å². The number of nitrogens with one attached hydrogen (secondary N) is 2. The van der Waals surface area contributed by atoms with E-state index >= 15 is 0 Å². The van der Waals surface area contributed by atoms with Gasteiger partial charge in [0.1, 0.15) is 11.6 Å². The van der Waals surface area contributed by atoms with Crippen molar-refractivity contribution in [3.63, 3.8) is 0 Å². The Morgan fingerprint density at radius 1 is 1.12 bits per heavy atom. The summed E-state index contributed by atoms with van der Waals surface area (Å²) in [6, 6.07) is 9.22. The number of amides is 2. The van der Waals surface area contributed by atoms with Crippen LogP contribution in [0.4, 0.5) is 15.8 Å². The first-order valence-corrected chi connectivity index (χ1v) is 12.3. The van der Waals surface area contributed by atoms with Gasteiger partial charge in [0.15, 0.2) is 0 Å². The van der Waals surface area contributed by atoms with Crippen molar-refractivity contribution in [2.24, 2.45) is 5.92 Å². The second-order valence-corrected chi connectivity index (χ2v) is 10.0. The second kappa shape index (κ2) is 9.38. The number of hydrogen-bond acceptors (Lipinski definition) is 5. The molecule has 1 saturated carbocycles. The van der Waals surface area contributed by atoms with Gasteiger partial charge in [-0.2, -0.15) is 0 Å². The largest absolute Gasteiger partial charge is 0.495 e. The highest BCUT2D eigenvalue weighted by Gasteiger charge is 2.38. The Morgan fingerprint density at radius 3 is 2.48 bits per heavy atom. The van der Waals surface area contributed by atoms with E-state index in [2.05, 4.69) is 10.0 Å². The van der Waals surface area contributed by atoms with Gasteiger partial charge in [0.05, 0.1) is 23.6 Å². The number of ether oxygens (including phenoxy) is 1. The maximum Gasteiger partial charge on any atom is 0.262 e. The summed E-state index contributed by atoms with van der Waals surface area (Å²) in [5.41, 5.74) is 0.485. The molecule has 1 saturated heterocycles. The van der Waals surface area contributed by atoms with E-state index in [0.29, 0.717) is 12.2 Å². The summed E-state index contributed by atoms with van der Waals surface area (Å²) < 4.78 is 46.2. The summed E-state index contributed by atoms with van der Waals surface area (Å²) in [4.78, 5) is 27.0. The second-order valence-electron chi connectivity index (χ2n) is 8.35. The van der Waals surface area contributed by atoms with Crippen LogP contribution in [-0.2, 0) is 19.6 Å². The number of carbonyl (C=O) groups is 2. The molecule has 2 aromatic carbocycles. The van der Waals surface area contributed by atoms with E-state index in [1.807, 2.05) is 4.90 Å². The zero-order valence-electron chi connectivity index (χ0n) is 18.2. The summed E-state index contributed by atoms with van der Waals surface area (Å²) in [7, 11) is -2.61. The zero-order chi connectivity index (χ0) is 23.6. The molecule has 2 N–H and O–H groups in total. The first-order valence-electron chi connectivity index (χ1n) is 10.8. The Bertz CT molecular complexity index is 1150. The molecule has 176 valence electrons. The molecule has 33 heavy (non-hydrogen) atoms. The maximum atomic E-state index is 13.2. The van der Waals surface area contributed by atoms with Gasteiger partial charge in [-0.3, -0.25) is 14.3 Å². The molecule has 1 heterocycles.